The van der Waals surface area contributed by atoms with Crippen LogP contribution >= 0.6 is 22.9 Å². The summed E-state index contributed by atoms with van der Waals surface area (Å²) in [5.74, 6) is -0.0311. The predicted octanol–water partition coefficient (Wildman–Crippen LogP) is 4.47. The zero-order valence-corrected chi connectivity index (χ0v) is 16.5. The van der Waals surface area contributed by atoms with Gasteiger partial charge < -0.3 is 5.32 Å². The summed E-state index contributed by atoms with van der Waals surface area (Å²) in [6.45, 7) is 5.76. The lowest BCUT2D eigenvalue weighted by molar-refractivity contribution is -0.122. The fourth-order valence-electron chi connectivity index (χ4n) is 2.98. The second kappa shape index (κ2) is 8.01. The van der Waals surface area contributed by atoms with Crippen molar-refractivity contribution in [2.75, 3.05) is 0 Å². The summed E-state index contributed by atoms with van der Waals surface area (Å²) in [4.78, 5) is 17.9. The van der Waals surface area contributed by atoms with Crippen molar-refractivity contribution in [3.05, 3.63) is 68.9 Å². The van der Waals surface area contributed by atoms with Crippen LogP contribution < -0.4 is 5.32 Å². The minimum atomic E-state index is -0.179. The number of carbonyl (C=O) groups excluding carboxylic acids is 1. The van der Waals surface area contributed by atoms with E-state index >= 15 is 0 Å². The molecule has 0 aliphatic carbocycles. The molecule has 3 heterocycles. The average Bonchev–Trinajstić information content (AvgIpc) is 3.25. The molecule has 0 bridgehead atoms. The Hall–Kier alpha value is -2.18. The molecule has 1 amide bonds. The van der Waals surface area contributed by atoms with Gasteiger partial charge in [0.2, 0.25) is 5.91 Å². The van der Waals surface area contributed by atoms with Crippen LogP contribution in [0.1, 0.15) is 47.3 Å². The van der Waals surface area contributed by atoms with E-state index in [0.29, 0.717) is 11.4 Å². The molecule has 3 aromatic rings. The average molecular weight is 389 g/mol. The normalized spacial score (nSPS) is 13.4. The molecule has 0 fully saturated rings. The van der Waals surface area contributed by atoms with Crippen molar-refractivity contribution in [1.82, 2.24) is 20.1 Å². The number of nitrogens with zero attached hydrogens (tertiary/aromatic N) is 3. The van der Waals surface area contributed by atoms with E-state index in [1.807, 2.05) is 55.1 Å². The SMILES string of the molecule is Cc1nn([C@H](C)CC(=O)N[C@H](c2ccncc2)c2cccs2)c(C)c1Cl. The molecule has 5 nitrogen and oxygen atoms in total. The monoisotopic (exact) mass is 388 g/mol. The lowest BCUT2D eigenvalue weighted by Crippen LogP contribution is -2.30. The summed E-state index contributed by atoms with van der Waals surface area (Å²) in [7, 11) is 0. The molecule has 1 N–H and O–H groups in total. The molecule has 0 unspecified atom stereocenters. The van der Waals surface area contributed by atoms with Crippen molar-refractivity contribution >= 4 is 28.8 Å². The van der Waals surface area contributed by atoms with Gasteiger partial charge in [-0.1, -0.05) is 17.7 Å². The summed E-state index contributed by atoms with van der Waals surface area (Å²) in [6.07, 6.45) is 3.80. The number of hydrogen-bond acceptors (Lipinski definition) is 4. The largest absolute Gasteiger partial charge is 0.344 e. The number of rotatable bonds is 6. The minimum Gasteiger partial charge on any atom is -0.344 e. The third-order valence-corrected chi connectivity index (χ3v) is 5.79. The minimum absolute atomic E-state index is 0.0311. The lowest BCUT2D eigenvalue weighted by atomic mass is 10.1. The molecule has 2 atom stereocenters. The second-order valence-electron chi connectivity index (χ2n) is 6.28. The summed E-state index contributed by atoms with van der Waals surface area (Å²) in [5, 5.41) is 10.3. The maximum absolute atomic E-state index is 12.7. The van der Waals surface area contributed by atoms with Gasteiger partial charge in [-0.25, -0.2) is 0 Å². The highest BCUT2D eigenvalue weighted by molar-refractivity contribution is 7.10. The molecule has 0 aliphatic rings. The van der Waals surface area contributed by atoms with E-state index < -0.39 is 0 Å². The lowest BCUT2D eigenvalue weighted by Gasteiger charge is -2.20. The van der Waals surface area contributed by atoms with Crippen molar-refractivity contribution in [1.29, 1.82) is 0 Å². The van der Waals surface area contributed by atoms with E-state index in [1.165, 1.54) is 0 Å². The Morgan fingerprint density at radius 2 is 2.04 bits per heavy atom. The Morgan fingerprint density at radius 1 is 1.31 bits per heavy atom. The van der Waals surface area contributed by atoms with Crippen LogP contribution in [0.15, 0.2) is 42.0 Å². The van der Waals surface area contributed by atoms with Gasteiger partial charge >= 0.3 is 0 Å². The first kappa shape index (κ1) is 18.6. The molecule has 0 saturated heterocycles. The Morgan fingerprint density at radius 3 is 2.62 bits per heavy atom. The van der Waals surface area contributed by atoms with Crippen molar-refractivity contribution in [3.63, 3.8) is 0 Å². The van der Waals surface area contributed by atoms with Crippen LogP contribution in [-0.2, 0) is 4.79 Å². The zero-order valence-electron chi connectivity index (χ0n) is 14.9. The summed E-state index contributed by atoms with van der Waals surface area (Å²) < 4.78 is 1.82. The topological polar surface area (TPSA) is 59.8 Å². The first-order valence-electron chi connectivity index (χ1n) is 8.41. The van der Waals surface area contributed by atoms with Crippen LogP contribution in [0.25, 0.3) is 0 Å². The van der Waals surface area contributed by atoms with Crippen LogP contribution in [0.3, 0.4) is 0 Å². The van der Waals surface area contributed by atoms with Crippen molar-refractivity contribution in [2.24, 2.45) is 0 Å². The van der Waals surface area contributed by atoms with Gasteiger partial charge in [-0.3, -0.25) is 14.5 Å². The molecular formula is C19H21ClN4OS. The maximum atomic E-state index is 12.7. The predicted molar refractivity (Wildman–Crippen MR) is 105 cm³/mol. The van der Waals surface area contributed by atoms with E-state index in [4.69, 9.17) is 11.6 Å². The number of carbonyl (C=O) groups is 1. The van der Waals surface area contributed by atoms with Crippen molar-refractivity contribution in [2.45, 2.75) is 39.3 Å². The van der Waals surface area contributed by atoms with Gasteiger partial charge in [-0.05, 0) is 49.9 Å². The van der Waals surface area contributed by atoms with E-state index in [-0.39, 0.29) is 18.0 Å². The number of thiophene rings is 1. The second-order valence-corrected chi connectivity index (χ2v) is 7.64. The van der Waals surface area contributed by atoms with E-state index in [2.05, 4.69) is 15.4 Å². The van der Waals surface area contributed by atoms with Crippen LogP contribution in [0.2, 0.25) is 5.02 Å². The zero-order chi connectivity index (χ0) is 18.7. The summed E-state index contributed by atoms with van der Waals surface area (Å²) in [6, 6.07) is 7.61. The number of halogens is 1. The van der Waals surface area contributed by atoms with Crippen LogP contribution in [0, 0.1) is 13.8 Å². The van der Waals surface area contributed by atoms with Gasteiger partial charge in [0, 0.05) is 23.7 Å². The van der Waals surface area contributed by atoms with Crippen LogP contribution in [0.5, 0.6) is 0 Å². The van der Waals surface area contributed by atoms with Gasteiger partial charge in [0.1, 0.15) is 0 Å². The highest BCUT2D eigenvalue weighted by Gasteiger charge is 2.21. The Bertz CT molecular complexity index is 877. The third kappa shape index (κ3) is 3.97. The molecule has 0 saturated carbocycles. The fraction of sp³-hybridized carbons (Fsp3) is 0.316. The molecule has 26 heavy (non-hydrogen) atoms. The van der Waals surface area contributed by atoms with Crippen molar-refractivity contribution < 1.29 is 4.79 Å². The number of aromatic nitrogens is 3. The highest BCUT2D eigenvalue weighted by atomic mass is 35.5. The van der Waals surface area contributed by atoms with Crippen LogP contribution in [0.4, 0.5) is 0 Å². The quantitative estimate of drug-likeness (QED) is 0.677. The number of pyridine rings is 1. The van der Waals surface area contributed by atoms with Crippen LogP contribution in [-0.4, -0.2) is 20.7 Å². The molecule has 3 rings (SSSR count). The fourth-order valence-corrected chi connectivity index (χ4v) is 3.90. The molecule has 0 aliphatic heterocycles. The first-order valence-corrected chi connectivity index (χ1v) is 9.67. The number of amides is 1. The Labute approximate surface area is 162 Å². The number of nitrogens with one attached hydrogen (secondary N) is 1. The molecule has 7 heteroatoms. The van der Waals surface area contributed by atoms with E-state index in [0.717, 1.165) is 21.8 Å². The summed E-state index contributed by atoms with van der Waals surface area (Å²) in [5.41, 5.74) is 2.68. The highest BCUT2D eigenvalue weighted by Crippen LogP contribution is 2.27. The smallest absolute Gasteiger partial charge is 0.222 e. The molecule has 0 spiro atoms. The van der Waals surface area contributed by atoms with Gasteiger partial charge in [0.15, 0.2) is 0 Å². The van der Waals surface area contributed by atoms with Gasteiger partial charge in [-0.15, -0.1) is 11.3 Å². The number of aryl methyl sites for hydroxylation is 1. The molecule has 3 aromatic heterocycles. The van der Waals surface area contributed by atoms with Gasteiger partial charge in [0.25, 0.3) is 0 Å². The molecule has 136 valence electrons. The first-order chi connectivity index (χ1) is 12.5. The Kier molecular flexibility index (Phi) is 5.74. The molecule has 0 radical (unpaired) electrons. The maximum Gasteiger partial charge on any atom is 0.222 e. The van der Waals surface area contributed by atoms with Gasteiger partial charge in [-0.2, -0.15) is 5.10 Å². The molecular weight excluding hydrogens is 368 g/mol. The summed E-state index contributed by atoms with van der Waals surface area (Å²) >= 11 is 7.84. The Balaban J connectivity index is 1.75. The molecule has 0 aromatic carbocycles. The van der Waals surface area contributed by atoms with Gasteiger partial charge in [0.05, 0.1) is 28.5 Å². The van der Waals surface area contributed by atoms with E-state index in [1.54, 1.807) is 23.7 Å². The third-order valence-electron chi connectivity index (χ3n) is 4.31. The van der Waals surface area contributed by atoms with Crippen molar-refractivity contribution in [3.8, 4) is 0 Å². The number of hydrogen-bond donors (Lipinski definition) is 1. The standard InChI is InChI=1S/C19H21ClN4OS/c1-12(24-14(3)18(20)13(2)23-24)11-17(25)22-19(16-5-4-10-26-16)15-6-8-21-9-7-15/h4-10,12,19H,11H2,1-3H3,(H,22,25)/t12-,19-/m1/s1. The van der Waals surface area contributed by atoms with E-state index in [9.17, 15) is 4.79 Å².